The number of rotatable bonds is 3. The maximum absolute atomic E-state index is 6.12. The van der Waals surface area contributed by atoms with E-state index >= 15 is 0 Å². The number of piperazine rings is 1. The molecule has 126 valence electrons. The van der Waals surface area contributed by atoms with Crippen molar-refractivity contribution >= 4 is 17.3 Å². The van der Waals surface area contributed by atoms with Crippen LogP contribution in [0.1, 0.15) is 17.2 Å². The lowest BCUT2D eigenvalue weighted by Gasteiger charge is -2.38. The highest BCUT2D eigenvalue weighted by atomic mass is 35.5. The Morgan fingerprint density at radius 1 is 1.00 bits per heavy atom. The lowest BCUT2D eigenvalue weighted by Crippen LogP contribution is -2.48. The third kappa shape index (κ3) is 3.44. The number of benzene rings is 2. The van der Waals surface area contributed by atoms with E-state index < -0.39 is 0 Å². The van der Waals surface area contributed by atoms with Gasteiger partial charge in [0.25, 0.3) is 0 Å². The second kappa shape index (κ2) is 7.14. The van der Waals surface area contributed by atoms with Crippen molar-refractivity contribution in [3.8, 4) is 0 Å². The summed E-state index contributed by atoms with van der Waals surface area (Å²) >= 11 is 6.12. The molecule has 4 heteroatoms. The van der Waals surface area contributed by atoms with Gasteiger partial charge in [-0.2, -0.15) is 0 Å². The Morgan fingerprint density at radius 2 is 1.83 bits per heavy atom. The van der Waals surface area contributed by atoms with Crippen LogP contribution in [-0.2, 0) is 11.2 Å². The standard InChI is InChI=1S/C20H23ClN2O/c21-17-5-3-6-18(14-17)23-11-9-22(10-12-23)15-20-19-7-2-1-4-16(19)8-13-24-20/h1-7,14,20H,8-13,15H2. The molecule has 0 spiro atoms. The van der Waals surface area contributed by atoms with Gasteiger partial charge in [0.1, 0.15) is 0 Å². The van der Waals surface area contributed by atoms with E-state index in [0.29, 0.717) is 0 Å². The number of hydrogen-bond donors (Lipinski definition) is 0. The van der Waals surface area contributed by atoms with Gasteiger partial charge in [0.2, 0.25) is 0 Å². The SMILES string of the molecule is Clc1cccc(N2CCN(CC3OCCc4ccccc43)CC2)c1. The van der Waals surface area contributed by atoms with Crippen LogP contribution in [0.15, 0.2) is 48.5 Å². The molecule has 0 aliphatic carbocycles. The number of halogens is 1. The smallest absolute Gasteiger partial charge is 0.0954 e. The van der Waals surface area contributed by atoms with Gasteiger partial charge in [-0.15, -0.1) is 0 Å². The van der Waals surface area contributed by atoms with Crippen molar-refractivity contribution in [1.29, 1.82) is 0 Å². The first kappa shape index (κ1) is 15.9. The van der Waals surface area contributed by atoms with Gasteiger partial charge in [0, 0.05) is 43.4 Å². The fourth-order valence-electron chi connectivity index (χ4n) is 3.72. The molecule has 2 aromatic rings. The first-order valence-electron chi connectivity index (χ1n) is 8.72. The van der Waals surface area contributed by atoms with Gasteiger partial charge in [-0.3, -0.25) is 4.90 Å². The highest BCUT2D eigenvalue weighted by Crippen LogP contribution is 2.28. The summed E-state index contributed by atoms with van der Waals surface area (Å²) in [6.07, 6.45) is 1.25. The molecule has 2 aliphatic heterocycles. The molecule has 0 radical (unpaired) electrons. The van der Waals surface area contributed by atoms with Crippen LogP contribution in [0, 0.1) is 0 Å². The summed E-state index contributed by atoms with van der Waals surface area (Å²) in [7, 11) is 0. The maximum Gasteiger partial charge on any atom is 0.0954 e. The van der Waals surface area contributed by atoms with Gasteiger partial charge >= 0.3 is 0 Å². The van der Waals surface area contributed by atoms with Crippen LogP contribution in [0.2, 0.25) is 5.02 Å². The van der Waals surface area contributed by atoms with E-state index in [-0.39, 0.29) is 6.10 Å². The third-order valence-corrected chi connectivity index (χ3v) is 5.30. The van der Waals surface area contributed by atoms with E-state index in [1.807, 2.05) is 12.1 Å². The minimum absolute atomic E-state index is 0.215. The average Bonchev–Trinajstić information content (AvgIpc) is 2.63. The van der Waals surface area contributed by atoms with E-state index in [9.17, 15) is 0 Å². The molecule has 24 heavy (non-hydrogen) atoms. The monoisotopic (exact) mass is 342 g/mol. The van der Waals surface area contributed by atoms with E-state index in [1.165, 1.54) is 16.8 Å². The van der Waals surface area contributed by atoms with Crippen LogP contribution in [0.3, 0.4) is 0 Å². The Morgan fingerprint density at radius 3 is 2.67 bits per heavy atom. The molecule has 1 saturated heterocycles. The lowest BCUT2D eigenvalue weighted by molar-refractivity contribution is 0.0148. The molecule has 2 heterocycles. The number of nitrogens with zero attached hydrogens (tertiary/aromatic N) is 2. The summed E-state index contributed by atoms with van der Waals surface area (Å²) in [6, 6.07) is 16.9. The number of ether oxygens (including phenoxy) is 1. The highest BCUT2D eigenvalue weighted by Gasteiger charge is 2.25. The van der Waals surface area contributed by atoms with Gasteiger partial charge in [0.15, 0.2) is 0 Å². The second-order valence-electron chi connectivity index (χ2n) is 6.58. The highest BCUT2D eigenvalue weighted by molar-refractivity contribution is 6.30. The molecule has 4 rings (SSSR count). The van der Waals surface area contributed by atoms with Crippen molar-refractivity contribution in [1.82, 2.24) is 4.90 Å². The Labute approximate surface area is 148 Å². The van der Waals surface area contributed by atoms with Gasteiger partial charge in [-0.05, 0) is 35.7 Å². The van der Waals surface area contributed by atoms with Gasteiger partial charge in [-0.1, -0.05) is 41.9 Å². The average molecular weight is 343 g/mol. The van der Waals surface area contributed by atoms with Crippen LogP contribution in [-0.4, -0.2) is 44.2 Å². The van der Waals surface area contributed by atoms with Crippen LogP contribution in [0.4, 0.5) is 5.69 Å². The predicted molar refractivity (Wildman–Crippen MR) is 98.9 cm³/mol. The van der Waals surface area contributed by atoms with Crippen LogP contribution in [0.25, 0.3) is 0 Å². The van der Waals surface area contributed by atoms with E-state index in [0.717, 1.165) is 50.8 Å². The van der Waals surface area contributed by atoms with E-state index in [4.69, 9.17) is 16.3 Å². The maximum atomic E-state index is 6.12. The molecule has 0 saturated carbocycles. The Balaban J connectivity index is 1.37. The topological polar surface area (TPSA) is 15.7 Å². The molecule has 0 N–H and O–H groups in total. The van der Waals surface area contributed by atoms with Crippen molar-refractivity contribution in [3.63, 3.8) is 0 Å². The second-order valence-corrected chi connectivity index (χ2v) is 7.01. The quantitative estimate of drug-likeness (QED) is 0.844. The minimum atomic E-state index is 0.215. The number of fused-ring (bicyclic) bond motifs is 1. The Kier molecular flexibility index (Phi) is 4.74. The van der Waals surface area contributed by atoms with E-state index in [2.05, 4.69) is 46.2 Å². The van der Waals surface area contributed by atoms with Crippen molar-refractivity contribution in [2.24, 2.45) is 0 Å². The zero-order valence-corrected chi connectivity index (χ0v) is 14.6. The van der Waals surface area contributed by atoms with Gasteiger partial charge in [-0.25, -0.2) is 0 Å². The molecular weight excluding hydrogens is 320 g/mol. The molecule has 2 aliphatic rings. The molecule has 0 aromatic heterocycles. The van der Waals surface area contributed by atoms with Crippen molar-refractivity contribution in [2.45, 2.75) is 12.5 Å². The molecule has 3 nitrogen and oxygen atoms in total. The first-order chi connectivity index (χ1) is 11.8. The summed E-state index contributed by atoms with van der Waals surface area (Å²) in [6.45, 7) is 6.02. The van der Waals surface area contributed by atoms with E-state index in [1.54, 1.807) is 0 Å². The van der Waals surface area contributed by atoms with Crippen LogP contribution in [0.5, 0.6) is 0 Å². The summed E-state index contributed by atoms with van der Waals surface area (Å²) < 4.78 is 6.06. The Hall–Kier alpha value is -1.55. The number of anilines is 1. The zero-order valence-electron chi connectivity index (χ0n) is 13.8. The number of hydrogen-bond acceptors (Lipinski definition) is 3. The summed E-state index contributed by atoms with van der Waals surface area (Å²) in [5.74, 6) is 0. The summed E-state index contributed by atoms with van der Waals surface area (Å²) in [5, 5.41) is 0.808. The van der Waals surface area contributed by atoms with Crippen molar-refractivity contribution < 1.29 is 4.74 Å². The van der Waals surface area contributed by atoms with Crippen LogP contribution >= 0.6 is 11.6 Å². The molecule has 1 atom stereocenters. The molecule has 2 aromatic carbocycles. The van der Waals surface area contributed by atoms with Crippen molar-refractivity contribution in [2.75, 3.05) is 44.2 Å². The molecule has 0 bridgehead atoms. The predicted octanol–water partition coefficient (Wildman–Crippen LogP) is 3.78. The zero-order chi connectivity index (χ0) is 16.4. The minimum Gasteiger partial charge on any atom is -0.372 e. The first-order valence-corrected chi connectivity index (χ1v) is 9.10. The largest absolute Gasteiger partial charge is 0.372 e. The fraction of sp³-hybridized carbons (Fsp3) is 0.400. The molecule has 1 unspecified atom stereocenters. The van der Waals surface area contributed by atoms with Gasteiger partial charge < -0.3 is 9.64 Å². The van der Waals surface area contributed by atoms with Crippen LogP contribution < -0.4 is 4.90 Å². The summed E-state index contributed by atoms with van der Waals surface area (Å²) in [5.41, 5.74) is 4.05. The molecule has 0 amide bonds. The van der Waals surface area contributed by atoms with Crippen molar-refractivity contribution in [3.05, 3.63) is 64.7 Å². The normalized spacial score (nSPS) is 21.5. The Bertz CT molecular complexity index is 698. The third-order valence-electron chi connectivity index (χ3n) is 5.06. The van der Waals surface area contributed by atoms with Gasteiger partial charge in [0.05, 0.1) is 12.7 Å². The fourth-order valence-corrected chi connectivity index (χ4v) is 3.91. The molecule has 1 fully saturated rings. The molecular formula is C20H23ClN2O. The lowest BCUT2D eigenvalue weighted by atomic mass is 9.97. The summed E-state index contributed by atoms with van der Waals surface area (Å²) in [4.78, 5) is 4.94.